The number of hydrogen-bond acceptors (Lipinski definition) is 6. The molecule has 1 N–H and O–H groups in total. The van der Waals surface area contributed by atoms with Crippen LogP contribution in [0.4, 0.5) is 0 Å². The molecule has 0 aliphatic carbocycles. The van der Waals surface area contributed by atoms with Gasteiger partial charge in [0, 0.05) is 31.3 Å². The van der Waals surface area contributed by atoms with E-state index in [1.165, 1.54) is 16.0 Å². The van der Waals surface area contributed by atoms with Gasteiger partial charge in [-0.2, -0.15) is 5.10 Å². The lowest BCUT2D eigenvalue weighted by atomic mass is 10.2. The van der Waals surface area contributed by atoms with Crippen molar-refractivity contribution >= 4 is 38.8 Å². The fourth-order valence-corrected chi connectivity index (χ4v) is 4.55. The quantitative estimate of drug-likeness (QED) is 0.572. The zero-order chi connectivity index (χ0) is 18.1. The standard InChI is InChI=1S/C18H17N5OS2/c1-11(7-16-22-13-5-3-4-6-14(13)25-16)21-17(24)15-9-19-18(26-15)12-8-20-23(2)10-12/h3-6,8-11H,7H2,1-2H3,(H,21,24). The summed E-state index contributed by atoms with van der Waals surface area (Å²) in [7, 11) is 1.86. The van der Waals surface area contributed by atoms with Gasteiger partial charge in [0.25, 0.3) is 5.91 Å². The number of thiazole rings is 2. The Bertz CT molecular complexity index is 1030. The number of nitrogens with one attached hydrogen (secondary N) is 1. The Labute approximate surface area is 158 Å². The minimum Gasteiger partial charge on any atom is -0.348 e. The van der Waals surface area contributed by atoms with Gasteiger partial charge < -0.3 is 5.32 Å². The summed E-state index contributed by atoms with van der Waals surface area (Å²) in [5.41, 5.74) is 1.92. The molecule has 1 amide bonds. The maximum atomic E-state index is 12.5. The van der Waals surface area contributed by atoms with Gasteiger partial charge in [-0.3, -0.25) is 9.48 Å². The Kier molecular flexibility index (Phi) is 4.52. The zero-order valence-corrected chi connectivity index (χ0v) is 16.0. The van der Waals surface area contributed by atoms with Gasteiger partial charge >= 0.3 is 0 Å². The summed E-state index contributed by atoms with van der Waals surface area (Å²) in [4.78, 5) is 22.0. The monoisotopic (exact) mass is 383 g/mol. The predicted molar refractivity (Wildman–Crippen MR) is 105 cm³/mol. The van der Waals surface area contributed by atoms with E-state index in [9.17, 15) is 4.79 Å². The summed E-state index contributed by atoms with van der Waals surface area (Å²) in [5.74, 6) is -0.105. The first-order valence-corrected chi connectivity index (χ1v) is 9.82. The van der Waals surface area contributed by atoms with Crippen molar-refractivity contribution in [3.63, 3.8) is 0 Å². The minimum atomic E-state index is -0.105. The van der Waals surface area contributed by atoms with Gasteiger partial charge in [-0.15, -0.1) is 22.7 Å². The van der Waals surface area contributed by atoms with E-state index in [2.05, 4.69) is 26.4 Å². The normalized spacial score (nSPS) is 12.4. The average molecular weight is 384 g/mol. The molecule has 0 aliphatic heterocycles. The zero-order valence-electron chi connectivity index (χ0n) is 14.3. The van der Waals surface area contributed by atoms with Crippen LogP contribution in [0.5, 0.6) is 0 Å². The number of benzene rings is 1. The first-order chi connectivity index (χ1) is 12.6. The number of aryl methyl sites for hydroxylation is 1. The molecule has 132 valence electrons. The molecule has 0 radical (unpaired) electrons. The van der Waals surface area contributed by atoms with Crippen LogP contribution in [0.2, 0.25) is 0 Å². The maximum Gasteiger partial charge on any atom is 0.263 e. The minimum absolute atomic E-state index is 0.00740. The van der Waals surface area contributed by atoms with E-state index in [0.29, 0.717) is 11.3 Å². The van der Waals surface area contributed by atoms with Crippen LogP contribution in [0, 0.1) is 0 Å². The van der Waals surface area contributed by atoms with E-state index in [1.54, 1.807) is 28.4 Å². The summed E-state index contributed by atoms with van der Waals surface area (Å²) in [5, 5.41) is 8.99. The smallest absolute Gasteiger partial charge is 0.263 e. The highest BCUT2D eigenvalue weighted by atomic mass is 32.1. The fourth-order valence-electron chi connectivity index (χ4n) is 2.66. The molecule has 1 unspecified atom stereocenters. The van der Waals surface area contributed by atoms with Crippen LogP contribution in [0.1, 0.15) is 21.6 Å². The van der Waals surface area contributed by atoms with Gasteiger partial charge in [0.15, 0.2) is 0 Å². The van der Waals surface area contributed by atoms with Crippen LogP contribution >= 0.6 is 22.7 Å². The number of carbonyl (C=O) groups is 1. The molecule has 0 spiro atoms. The second kappa shape index (κ2) is 6.97. The third kappa shape index (κ3) is 3.51. The Morgan fingerprint density at radius 2 is 2.12 bits per heavy atom. The molecule has 0 aliphatic rings. The number of fused-ring (bicyclic) bond motifs is 1. The molecule has 0 saturated heterocycles. The molecular weight excluding hydrogens is 366 g/mol. The van der Waals surface area contributed by atoms with Gasteiger partial charge in [-0.25, -0.2) is 9.97 Å². The Morgan fingerprint density at radius 1 is 1.27 bits per heavy atom. The fraction of sp³-hybridized carbons (Fsp3) is 0.222. The van der Waals surface area contributed by atoms with E-state index in [-0.39, 0.29) is 11.9 Å². The number of amides is 1. The van der Waals surface area contributed by atoms with E-state index in [1.807, 2.05) is 38.4 Å². The van der Waals surface area contributed by atoms with E-state index >= 15 is 0 Å². The third-order valence-corrected chi connectivity index (χ3v) is 5.98. The lowest BCUT2D eigenvalue weighted by Crippen LogP contribution is -2.33. The number of rotatable bonds is 5. The topological polar surface area (TPSA) is 72.7 Å². The van der Waals surface area contributed by atoms with E-state index < -0.39 is 0 Å². The van der Waals surface area contributed by atoms with Gasteiger partial charge in [-0.05, 0) is 19.1 Å². The summed E-state index contributed by atoms with van der Waals surface area (Å²) in [6.07, 6.45) is 5.96. The molecule has 0 bridgehead atoms. The molecule has 1 aromatic carbocycles. The second-order valence-electron chi connectivity index (χ2n) is 6.09. The number of nitrogens with zero attached hydrogens (tertiary/aromatic N) is 4. The van der Waals surface area contributed by atoms with E-state index in [4.69, 9.17) is 0 Å². The number of carbonyl (C=O) groups excluding carboxylic acids is 1. The molecule has 6 nitrogen and oxygen atoms in total. The average Bonchev–Trinajstić information content (AvgIpc) is 3.32. The molecule has 1 atom stereocenters. The van der Waals surface area contributed by atoms with Crippen LogP contribution < -0.4 is 5.32 Å². The summed E-state index contributed by atoms with van der Waals surface area (Å²) in [6.45, 7) is 1.99. The van der Waals surface area contributed by atoms with Crippen molar-refractivity contribution in [3.05, 3.63) is 52.7 Å². The molecule has 3 aromatic heterocycles. The molecule has 4 aromatic rings. The van der Waals surface area contributed by atoms with Crippen molar-refractivity contribution in [2.75, 3.05) is 0 Å². The van der Waals surface area contributed by atoms with Crippen LogP contribution in [0.15, 0.2) is 42.9 Å². The molecule has 26 heavy (non-hydrogen) atoms. The van der Waals surface area contributed by atoms with Crippen molar-refractivity contribution in [1.82, 2.24) is 25.1 Å². The second-order valence-corrected chi connectivity index (χ2v) is 8.23. The number of para-hydroxylation sites is 1. The molecule has 8 heteroatoms. The Balaban J connectivity index is 1.41. The van der Waals surface area contributed by atoms with Gasteiger partial charge in [0.05, 0.1) is 27.6 Å². The Hall–Kier alpha value is -2.58. The highest BCUT2D eigenvalue weighted by Gasteiger charge is 2.16. The lowest BCUT2D eigenvalue weighted by Gasteiger charge is -2.11. The summed E-state index contributed by atoms with van der Waals surface area (Å²) >= 11 is 3.04. The predicted octanol–water partition coefficient (Wildman–Crippen LogP) is 3.51. The molecular formula is C18H17N5OS2. The first-order valence-electron chi connectivity index (χ1n) is 8.18. The van der Waals surface area contributed by atoms with Gasteiger partial charge in [-0.1, -0.05) is 12.1 Å². The van der Waals surface area contributed by atoms with Crippen molar-refractivity contribution in [2.24, 2.45) is 7.05 Å². The molecule has 0 saturated carbocycles. The van der Waals surface area contributed by atoms with Crippen LogP contribution in [-0.4, -0.2) is 31.7 Å². The molecule has 0 fully saturated rings. The SMILES string of the molecule is CC(Cc1nc2ccccc2s1)NC(=O)c1cnc(-c2cnn(C)c2)s1. The largest absolute Gasteiger partial charge is 0.348 e. The van der Waals surface area contributed by atoms with Crippen molar-refractivity contribution in [3.8, 4) is 10.6 Å². The van der Waals surface area contributed by atoms with Crippen molar-refractivity contribution in [2.45, 2.75) is 19.4 Å². The number of aromatic nitrogens is 4. The van der Waals surface area contributed by atoms with Crippen LogP contribution in [-0.2, 0) is 13.5 Å². The van der Waals surface area contributed by atoms with Crippen molar-refractivity contribution in [1.29, 1.82) is 0 Å². The highest BCUT2D eigenvalue weighted by Crippen LogP contribution is 2.25. The lowest BCUT2D eigenvalue weighted by molar-refractivity contribution is 0.0944. The molecule has 3 heterocycles. The molecule has 4 rings (SSSR count). The highest BCUT2D eigenvalue weighted by molar-refractivity contribution is 7.18. The summed E-state index contributed by atoms with van der Waals surface area (Å²) < 4.78 is 2.89. The summed E-state index contributed by atoms with van der Waals surface area (Å²) in [6, 6.07) is 8.07. The Morgan fingerprint density at radius 3 is 2.88 bits per heavy atom. The van der Waals surface area contributed by atoms with Gasteiger partial charge in [0.2, 0.25) is 0 Å². The number of hydrogen-bond donors (Lipinski definition) is 1. The van der Waals surface area contributed by atoms with Gasteiger partial charge in [0.1, 0.15) is 9.88 Å². The first kappa shape index (κ1) is 16.9. The van der Waals surface area contributed by atoms with Crippen molar-refractivity contribution < 1.29 is 4.79 Å². The van der Waals surface area contributed by atoms with Crippen LogP contribution in [0.3, 0.4) is 0 Å². The third-order valence-electron chi connectivity index (χ3n) is 3.88. The van der Waals surface area contributed by atoms with Crippen LogP contribution in [0.25, 0.3) is 20.8 Å². The van der Waals surface area contributed by atoms with E-state index in [0.717, 1.165) is 21.1 Å². The maximum absolute atomic E-state index is 12.5.